The molecule has 0 aliphatic heterocycles. The Bertz CT molecular complexity index is 364. The largest absolute Gasteiger partial charge is 0.496 e. The molecule has 1 aromatic carbocycles. The van der Waals surface area contributed by atoms with Crippen molar-refractivity contribution < 1.29 is 9.53 Å². The fourth-order valence-corrected chi connectivity index (χ4v) is 1.45. The summed E-state index contributed by atoms with van der Waals surface area (Å²) in [6.45, 7) is 3.56. The first kappa shape index (κ1) is 12.5. The zero-order chi connectivity index (χ0) is 12.1. The quantitative estimate of drug-likeness (QED) is 0.805. The highest BCUT2D eigenvalue weighted by Gasteiger charge is 2.15. The highest BCUT2D eigenvalue weighted by molar-refractivity contribution is 5.81. The maximum absolute atomic E-state index is 11.4. The van der Waals surface area contributed by atoms with Crippen molar-refractivity contribution >= 4 is 5.91 Å². The van der Waals surface area contributed by atoms with Crippen LogP contribution in [0.1, 0.15) is 25.5 Å². The van der Waals surface area contributed by atoms with Gasteiger partial charge < -0.3 is 15.8 Å². The van der Waals surface area contributed by atoms with E-state index in [-0.39, 0.29) is 11.9 Å². The number of nitrogens with two attached hydrogens (primary N) is 1. The minimum atomic E-state index is -0.503. The average Bonchev–Trinajstić information content (AvgIpc) is 2.28. The fourth-order valence-electron chi connectivity index (χ4n) is 1.45. The van der Waals surface area contributed by atoms with Crippen LogP contribution in [0.15, 0.2) is 24.3 Å². The SMILES string of the molecule is COc1ccccc1[C@H](C)NC(=O)[C@@H](C)N. The Morgan fingerprint density at radius 2 is 2.00 bits per heavy atom. The number of carbonyl (C=O) groups excluding carboxylic acids is 1. The molecular formula is C12H18N2O2. The Morgan fingerprint density at radius 3 is 2.56 bits per heavy atom. The number of hydrogen-bond acceptors (Lipinski definition) is 3. The smallest absolute Gasteiger partial charge is 0.237 e. The van der Waals surface area contributed by atoms with E-state index in [0.717, 1.165) is 11.3 Å². The molecule has 0 saturated heterocycles. The molecule has 0 radical (unpaired) electrons. The van der Waals surface area contributed by atoms with E-state index in [2.05, 4.69) is 5.32 Å². The monoisotopic (exact) mass is 222 g/mol. The molecule has 0 fully saturated rings. The minimum absolute atomic E-state index is 0.116. The molecule has 88 valence electrons. The summed E-state index contributed by atoms with van der Waals surface area (Å²) in [7, 11) is 1.61. The number of rotatable bonds is 4. The summed E-state index contributed by atoms with van der Waals surface area (Å²) < 4.78 is 5.23. The molecule has 1 amide bonds. The van der Waals surface area contributed by atoms with Gasteiger partial charge in [0.05, 0.1) is 19.2 Å². The van der Waals surface area contributed by atoms with Crippen LogP contribution in [0.2, 0.25) is 0 Å². The lowest BCUT2D eigenvalue weighted by atomic mass is 10.1. The first-order chi connectivity index (χ1) is 7.56. The number of para-hydroxylation sites is 1. The molecule has 0 saturated carbocycles. The summed E-state index contributed by atoms with van der Waals surface area (Å²) in [6, 6.07) is 6.97. The van der Waals surface area contributed by atoms with Crippen molar-refractivity contribution in [3.05, 3.63) is 29.8 Å². The Hall–Kier alpha value is -1.55. The predicted molar refractivity (Wildman–Crippen MR) is 63.2 cm³/mol. The number of methoxy groups -OCH3 is 1. The van der Waals surface area contributed by atoms with Gasteiger partial charge in [-0.25, -0.2) is 0 Å². The van der Waals surface area contributed by atoms with Gasteiger partial charge in [0.1, 0.15) is 5.75 Å². The van der Waals surface area contributed by atoms with Crippen LogP contribution in [0.4, 0.5) is 0 Å². The number of hydrogen-bond donors (Lipinski definition) is 2. The van der Waals surface area contributed by atoms with Crippen LogP contribution in [-0.4, -0.2) is 19.1 Å². The lowest BCUT2D eigenvalue weighted by molar-refractivity contribution is -0.122. The van der Waals surface area contributed by atoms with Gasteiger partial charge in [-0.3, -0.25) is 4.79 Å². The highest BCUT2D eigenvalue weighted by Crippen LogP contribution is 2.24. The van der Waals surface area contributed by atoms with E-state index in [0.29, 0.717) is 0 Å². The van der Waals surface area contributed by atoms with Gasteiger partial charge in [0.2, 0.25) is 5.91 Å². The predicted octanol–water partition coefficient (Wildman–Crippen LogP) is 1.22. The number of benzene rings is 1. The van der Waals surface area contributed by atoms with Gasteiger partial charge in [0.15, 0.2) is 0 Å². The molecule has 0 aliphatic carbocycles. The third-order valence-corrected chi connectivity index (χ3v) is 2.38. The second-order valence-electron chi connectivity index (χ2n) is 3.76. The third-order valence-electron chi connectivity index (χ3n) is 2.38. The van der Waals surface area contributed by atoms with Crippen LogP contribution in [-0.2, 0) is 4.79 Å². The molecule has 2 atom stereocenters. The minimum Gasteiger partial charge on any atom is -0.496 e. The first-order valence-electron chi connectivity index (χ1n) is 5.25. The van der Waals surface area contributed by atoms with Crippen molar-refractivity contribution in [2.75, 3.05) is 7.11 Å². The van der Waals surface area contributed by atoms with Gasteiger partial charge in [-0.15, -0.1) is 0 Å². The van der Waals surface area contributed by atoms with Crippen LogP contribution in [0.25, 0.3) is 0 Å². The van der Waals surface area contributed by atoms with Crippen LogP contribution < -0.4 is 15.8 Å². The molecule has 0 heterocycles. The average molecular weight is 222 g/mol. The first-order valence-corrected chi connectivity index (χ1v) is 5.25. The van der Waals surface area contributed by atoms with Crippen molar-refractivity contribution in [3.63, 3.8) is 0 Å². The van der Waals surface area contributed by atoms with Crippen LogP contribution >= 0.6 is 0 Å². The Labute approximate surface area is 95.8 Å². The summed E-state index contributed by atoms with van der Waals surface area (Å²) in [5.74, 6) is 0.596. The normalized spacial score (nSPS) is 14.0. The third kappa shape index (κ3) is 2.97. The molecule has 1 aromatic rings. The summed E-state index contributed by atoms with van der Waals surface area (Å²) in [5, 5.41) is 2.83. The highest BCUT2D eigenvalue weighted by atomic mass is 16.5. The lowest BCUT2D eigenvalue weighted by Gasteiger charge is -2.18. The molecule has 0 aromatic heterocycles. The zero-order valence-electron chi connectivity index (χ0n) is 9.86. The van der Waals surface area contributed by atoms with Crippen molar-refractivity contribution in [1.82, 2.24) is 5.32 Å². The summed E-state index contributed by atoms with van der Waals surface area (Å²) in [6.07, 6.45) is 0. The molecule has 16 heavy (non-hydrogen) atoms. The van der Waals surface area contributed by atoms with E-state index < -0.39 is 6.04 Å². The summed E-state index contributed by atoms with van der Waals surface area (Å²) in [5.41, 5.74) is 6.43. The lowest BCUT2D eigenvalue weighted by Crippen LogP contribution is -2.39. The van der Waals surface area contributed by atoms with E-state index in [9.17, 15) is 4.79 Å². The van der Waals surface area contributed by atoms with E-state index in [4.69, 9.17) is 10.5 Å². The molecule has 4 nitrogen and oxygen atoms in total. The number of ether oxygens (including phenoxy) is 1. The van der Waals surface area contributed by atoms with E-state index in [1.165, 1.54) is 0 Å². The van der Waals surface area contributed by atoms with Crippen LogP contribution in [0.3, 0.4) is 0 Å². The van der Waals surface area contributed by atoms with Crippen LogP contribution in [0, 0.1) is 0 Å². The topological polar surface area (TPSA) is 64.3 Å². The molecule has 0 aliphatic rings. The van der Waals surface area contributed by atoms with Gasteiger partial charge in [-0.2, -0.15) is 0 Å². The fraction of sp³-hybridized carbons (Fsp3) is 0.417. The summed E-state index contributed by atoms with van der Waals surface area (Å²) in [4.78, 5) is 11.4. The van der Waals surface area contributed by atoms with Crippen molar-refractivity contribution in [2.45, 2.75) is 25.9 Å². The molecule has 0 spiro atoms. The second-order valence-corrected chi connectivity index (χ2v) is 3.76. The zero-order valence-corrected chi connectivity index (χ0v) is 9.86. The Morgan fingerprint density at radius 1 is 1.38 bits per heavy atom. The Kier molecular flexibility index (Phi) is 4.31. The van der Waals surface area contributed by atoms with E-state index >= 15 is 0 Å². The molecule has 0 bridgehead atoms. The van der Waals surface area contributed by atoms with Crippen molar-refractivity contribution in [2.24, 2.45) is 5.73 Å². The van der Waals surface area contributed by atoms with E-state index in [1.54, 1.807) is 14.0 Å². The number of carbonyl (C=O) groups is 1. The van der Waals surface area contributed by atoms with Crippen LogP contribution in [0.5, 0.6) is 5.75 Å². The molecule has 4 heteroatoms. The molecule has 0 unspecified atom stereocenters. The van der Waals surface area contributed by atoms with E-state index in [1.807, 2.05) is 31.2 Å². The van der Waals surface area contributed by atoms with Gasteiger partial charge in [-0.05, 0) is 19.9 Å². The van der Waals surface area contributed by atoms with Gasteiger partial charge >= 0.3 is 0 Å². The molecular weight excluding hydrogens is 204 g/mol. The number of amides is 1. The maximum atomic E-state index is 11.4. The van der Waals surface area contributed by atoms with Gasteiger partial charge in [-0.1, -0.05) is 18.2 Å². The standard InChI is InChI=1S/C12H18N2O2/c1-8(13)12(15)14-9(2)10-6-4-5-7-11(10)16-3/h4-9H,13H2,1-3H3,(H,14,15)/t8-,9+/m1/s1. The van der Waals surface area contributed by atoms with Gasteiger partial charge in [0, 0.05) is 5.56 Å². The van der Waals surface area contributed by atoms with Gasteiger partial charge in [0.25, 0.3) is 0 Å². The summed E-state index contributed by atoms with van der Waals surface area (Å²) >= 11 is 0. The van der Waals surface area contributed by atoms with Crippen molar-refractivity contribution in [1.29, 1.82) is 0 Å². The maximum Gasteiger partial charge on any atom is 0.237 e. The molecule has 1 rings (SSSR count). The second kappa shape index (κ2) is 5.51. The Balaban J connectivity index is 2.80. The van der Waals surface area contributed by atoms with Crippen molar-refractivity contribution in [3.8, 4) is 5.75 Å². The number of nitrogens with one attached hydrogen (secondary N) is 1. The molecule has 3 N–H and O–H groups in total.